The molecule has 2 amide bonds. The number of β-amino-alcohol motifs (C(OH)–C–C–N with tert-alkyl or cyclic N) is 2. The summed E-state index contributed by atoms with van der Waals surface area (Å²) in [6.45, 7) is 0.193. The van der Waals surface area contributed by atoms with Crippen LogP contribution in [0.15, 0.2) is 35.5 Å². The molecule has 3 atom stereocenters. The largest absolute Gasteiger partial charge is 0.480 e. The van der Waals surface area contributed by atoms with Crippen LogP contribution < -0.4 is 10.6 Å². The number of aliphatic imine (C=N–C) groups is 1. The van der Waals surface area contributed by atoms with Gasteiger partial charge in [0.25, 0.3) is 11.8 Å². The minimum Gasteiger partial charge on any atom is -0.480 e. The summed E-state index contributed by atoms with van der Waals surface area (Å²) < 4.78 is 0. The number of aliphatic hydroxyl groups is 2. The van der Waals surface area contributed by atoms with Crippen LogP contribution in [0.1, 0.15) is 38.3 Å². The molecule has 0 saturated carbocycles. The highest BCUT2D eigenvalue weighted by Gasteiger charge is 2.31. The van der Waals surface area contributed by atoms with Gasteiger partial charge >= 0.3 is 5.97 Å². The number of carboxylic acids is 1. The van der Waals surface area contributed by atoms with E-state index in [0.717, 1.165) is 10.9 Å². The standard InChI is InChI=1S/C28H28Cl2N8O6/c29-20-5-16-10-37(26(42)14-1-2-15-8-34-36-21(15)6-14)4-3-19(16)24(30)23(20)25(41)35-22(27(43)44)9-32-28(33-13-31)38-11-17(39)7-18(40)12-38/h1-2,5-6,8,17-18,22,39-40H,3-4,7,9-12H2,(H,32,33)(H,34,36)(H,35,41)(H,43,44)/t17-,18-,22-/m0/s1. The molecule has 1 fully saturated rings. The van der Waals surface area contributed by atoms with Gasteiger partial charge in [0.15, 0.2) is 6.19 Å². The second-order valence-corrected chi connectivity index (χ2v) is 11.3. The summed E-state index contributed by atoms with van der Waals surface area (Å²) in [7, 11) is 0. The number of amides is 2. The Hall–Kier alpha value is -4.42. The van der Waals surface area contributed by atoms with Crippen LogP contribution in [0.5, 0.6) is 0 Å². The van der Waals surface area contributed by atoms with Crippen molar-refractivity contribution in [3.8, 4) is 6.19 Å². The Morgan fingerprint density at radius 2 is 1.93 bits per heavy atom. The van der Waals surface area contributed by atoms with E-state index in [1.54, 1.807) is 35.5 Å². The normalized spacial score (nSPS) is 19.2. The van der Waals surface area contributed by atoms with Crippen LogP contribution in [-0.2, 0) is 17.8 Å². The first-order chi connectivity index (χ1) is 21.0. The van der Waals surface area contributed by atoms with Crippen molar-refractivity contribution in [2.75, 3.05) is 26.2 Å². The molecule has 3 heterocycles. The van der Waals surface area contributed by atoms with Gasteiger partial charge < -0.3 is 30.4 Å². The lowest BCUT2D eigenvalue weighted by Crippen LogP contribution is -2.52. The van der Waals surface area contributed by atoms with Crippen molar-refractivity contribution in [1.82, 2.24) is 30.6 Å². The van der Waals surface area contributed by atoms with Crippen LogP contribution in [0.3, 0.4) is 0 Å². The average molecular weight is 643 g/mol. The number of hydrogen-bond acceptors (Lipinski definition) is 8. The fourth-order valence-corrected chi connectivity index (χ4v) is 6.13. The molecule has 3 aromatic rings. The van der Waals surface area contributed by atoms with Crippen molar-refractivity contribution in [3.63, 3.8) is 0 Å². The molecule has 230 valence electrons. The Kier molecular flexibility index (Phi) is 9.21. The third kappa shape index (κ3) is 6.56. The second-order valence-electron chi connectivity index (χ2n) is 10.5. The van der Waals surface area contributed by atoms with Crippen molar-refractivity contribution < 1.29 is 29.7 Å². The molecule has 0 spiro atoms. The van der Waals surface area contributed by atoms with Crippen LogP contribution in [0, 0.1) is 11.5 Å². The molecule has 2 aromatic carbocycles. The van der Waals surface area contributed by atoms with Gasteiger partial charge in [-0.05, 0) is 35.7 Å². The molecule has 6 N–H and O–H groups in total. The molecule has 0 aliphatic carbocycles. The van der Waals surface area contributed by atoms with E-state index < -0.39 is 36.7 Å². The highest BCUT2D eigenvalue weighted by Crippen LogP contribution is 2.35. The number of carboxylic acid groups (broad SMARTS) is 1. The highest BCUT2D eigenvalue weighted by molar-refractivity contribution is 6.40. The van der Waals surface area contributed by atoms with Crippen molar-refractivity contribution in [3.05, 3.63) is 62.8 Å². The number of aliphatic carboxylic acids is 1. The molecule has 0 unspecified atom stereocenters. The fraction of sp³-hybridized carbons (Fsp3) is 0.357. The topological polar surface area (TPSA) is 207 Å². The number of H-pyrrole nitrogens is 1. The molecule has 2 aliphatic heterocycles. The number of hydrogen-bond donors (Lipinski definition) is 6. The van der Waals surface area contributed by atoms with Gasteiger partial charge in [0.05, 0.1) is 46.1 Å². The van der Waals surface area contributed by atoms with Gasteiger partial charge in [0.2, 0.25) is 5.96 Å². The third-order valence-corrected chi connectivity index (χ3v) is 8.22. The predicted octanol–water partition coefficient (Wildman–Crippen LogP) is 1.11. The van der Waals surface area contributed by atoms with Gasteiger partial charge in [0, 0.05) is 43.5 Å². The van der Waals surface area contributed by atoms with Crippen molar-refractivity contribution in [2.45, 2.75) is 37.6 Å². The Balaban J connectivity index is 1.31. The number of aromatic nitrogens is 2. The summed E-state index contributed by atoms with van der Waals surface area (Å²) in [6.07, 6.45) is 2.12. The molecule has 5 rings (SSSR count). The van der Waals surface area contributed by atoms with E-state index in [0.29, 0.717) is 29.7 Å². The number of rotatable bonds is 6. The summed E-state index contributed by atoms with van der Waals surface area (Å²) in [5, 5.41) is 51.3. The summed E-state index contributed by atoms with van der Waals surface area (Å²) >= 11 is 13.1. The summed E-state index contributed by atoms with van der Waals surface area (Å²) in [5.41, 5.74) is 2.41. The lowest BCUT2D eigenvalue weighted by Gasteiger charge is -2.34. The number of carbonyl (C=O) groups excluding carboxylic acids is 2. The number of nitriles is 1. The monoisotopic (exact) mass is 642 g/mol. The summed E-state index contributed by atoms with van der Waals surface area (Å²) in [5.74, 6) is -2.48. The van der Waals surface area contributed by atoms with Crippen LogP contribution in [0.25, 0.3) is 10.9 Å². The maximum absolute atomic E-state index is 13.3. The predicted molar refractivity (Wildman–Crippen MR) is 159 cm³/mol. The van der Waals surface area contributed by atoms with E-state index in [-0.39, 0.29) is 53.5 Å². The van der Waals surface area contributed by atoms with Crippen molar-refractivity contribution >= 4 is 57.8 Å². The molecular formula is C28H28Cl2N8O6. The van der Waals surface area contributed by atoms with Gasteiger partial charge in [-0.15, -0.1) is 0 Å². The minimum atomic E-state index is -1.53. The van der Waals surface area contributed by atoms with Crippen molar-refractivity contribution in [1.29, 1.82) is 5.26 Å². The van der Waals surface area contributed by atoms with E-state index in [1.807, 2.05) is 6.07 Å². The number of likely N-dealkylation sites (tertiary alicyclic amines) is 1. The number of carbonyl (C=O) groups is 3. The molecule has 0 bridgehead atoms. The second kappa shape index (κ2) is 13.1. The zero-order chi connectivity index (χ0) is 31.5. The average Bonchev–Trinajstić information content (AvgIpc) is 3.45. The van der Waals surface area contributed by atoms with Crippen molar-refractivity contribution in [2.24, 2.45) is 4.99 Å². The number of piperidine rings is 1. The van der Waals surface area contributed by atoms with E-state index >= 15 is 0 Å². The number of nitrogens with one attached hydrogen (secondary N) is 3. The zero-order valence-electron chi connectivity index (χ0n) is 23.1. The maximum Gasteiger partial charge on any atom is 0.328 e. The fourth-order valence-electron chi connectivity index (χ4n) is 5.37. The first kappa shape index (κ1) is 31.0. The molecule has 0 radical (unpaired) electrons. The number of nitrogens with zero attached hydrogens (tertiary/aromatic N) is 5. The van der Waals surface area contributed by atoms with Gasteiger partial charge in [-0.25, -0.2) is 9.79 Å². The lowest BCUT2D eigenvalue weighted by molar-refractivity contribution is -0.138. The Morgan fingerprint density at radius 3 is 2.64 bits per heavy atom. The SMILES string of the molecule is N#CNC(=NC[C@H](NC(=O)c1c(Cl)cc2c(c1Cl)CCN(C(=O)c1ccc3cn[nH]c3c1)C2)C(=O)O)N1C[C@@H](O)C[C@H](O)C1. The van der Waals surface area contributed by atoms with Crippen LogP contribution in [0.2, 0.25) is 10.0 Å². The van der Waals surface area contributed by atoms with Gasteiger partial charge in [-0.1, -0.05) is 29.3 Å². The first-order valence-electron chi connectivity index (χ1n) is 13.6. The smallest absolute Gasteiger partial charge is 0.328 e. The van der Waals surface area contributed by atoms with Gasteiger partial charge in [-0.3, -0.25) is 20.0 Å². The molecule has 2 aliphatic rings. The number of aromatic amines is 1. The number of fused-ring (bicyclic) bond motifs is 2. The third-order valence-electron chi connectivity index (χ3n) is 7.51. The van der Waals surface area contributed by atoms with Crippen LogP contribution >= 0.6 is 23.2 Å². The molecule has 14 nitrogen and oxygen atoms in total. The molecule has 16 heteroatoms. The summed E-state index contributed by atoms with van der Waals surface area (Å²) in [6, 6.07) is 5.29. The van der Waals surface area contributed by atoms with Gasteiger partial charge in [0.1, 0.15) is 6.04 Å². The number of aliphatic hydroxyl groups excluding tert-OH is 2. The lowest BCUT2D eigenvalue weighted by atomic mass is 9.96. The Labute approximate surface area is 260 Å². The van der Waals surface area contributed by atoms with Gasteiger partial charge in [-0.2, -0.15) is 10.4 Å². The minimum absolute atomic E-state index is 0.0183. The maximum atomic E-state index is 13.3. The molecule has 44 heavy (non-hydrogen) atoms. The van der Waals surface area contributed by atoms with E-state index in [9.17, 15) is 29.7 Å². The van der Waals surface area contributed by atoms with Crippen LogP contribution in [-0.4, -0.2) is 103 Å². The van der Waals surface area contributed by atoms with E-state index in [2.05, 4.69) is 25.8 Å². The quantitative estimate of drug-likeness (QED) is 0.0976. The van der Waals surface area contributed by atoms with Crippen LogP contribution in [0.4, 0.5) is 0 Å². The molecule has 1 aromatic heterocycles. The van der Waals surface area contributed by atoms with E-state index in [4.69, 9.17) is 28.5 Å². The first-order valence-corrected chi connectivity index (χ1v) is 14.4. The Morgan fingerprint density at radius 1 is 1.18 bits per heavy atom. The zero-order valence-corrected chi connectivity index (χ0v) is 24.6. The number of benzene rings is 2. The summed E-state index contributed by atoms with van der Waals surface area (Å²) in [4.78, 5) is 45.7. The van der Waals surface area contributed by atoms with E-state index in [1.165, 1.54) is 4.90 Å². The molecular weight excluding hydrogens is 615 g/mol. The molecule has 1 saturated heterocycles. The number of halogens is 2. The Bertz CT molecular complexity index is 1680. The number of guanidine groups is 1. The highest BCUT2D eigenvalue weighted by atomic mass is 35.5.